The predicted molar refractivity (Wildman–Crippen MR) is 86.9 cm³/mol. The fraction of sp³-hybridized carbons (Fsp3) is 0.467. The summed E-state index contributed by atoms with van der Waals surface area (Å²) in [5.41, 5.74) is 1.22. The van der Waals surface area contributed by atoms with Crippen molar-refractivity contribution in [2.45, 2.75) is 46.6 Å². The van der Waals surface area contributed by atoms with E-state index in [0.29, 0.717) is 5.15 Å². The Kier molecular flexibility index (Phi) is 4.35. The standard InChI is InChI=1S/C15H20ClN3S/c1-9-6-11(20-10(9)2)8-17-13-7-12(16)18-14(19-13)15(3,4)5/h6-7H,8H2,1-5H3,(H,17,18,19). The van der Waals surface area contributed by atoms with Gasteiger partial charge in [0, 0.05) is 21.2 Å². The van der Waals surface area contributed by atoms with Gasteiger partial charge in [-0.25, -0.2) is 9.97 Å². The van der Waals surface area contributed by atoms with Crippen LogP contribution in [-0.2, 0) is 12.0 Å². The predicted octanol–water partition coefficient (Wildman–Crippen LogP) is 4.72. The van der Waals surface area contributed by atoms with Crippen molar-refractivity contribution in [2.75, 3.05) is 5.32 Å². The SMILES string of the molecule is Cc1cc(CNc2cc(Cl)nc(C(C)(C)C)n2)sc1C. The summed E-state index contributed by atoms with van der Waals surface area (Å²) in [6.07, 6.45) is 0. The van der Waals surface area contributed by atoms with Gasteiger partial charge in [-0.05, 0) is 25.5 Å². The lowest BCUT2D eigenvalue weighted by atomic mass is 9.96. The highest BCUT2D eigenvalue weighted by molar-refractivity contribution is 7.12. The fourth-order valence-electron chi connectivity index (χ4n) is 1.76. The maximum atomic E-state index is 6.08. The number of aryl methyl sites for hydroxylation is 2. The van der Waals surface area contributed by atoms with Crippen LogP contribution in [0.5, 0.6) is 0 Å². The van der Waals surface area contributed by atoms with Crippen LogP contribution in [-0.4, -0.2) is 9.97 Å². The van der Waals surface area contributed by atoms with Gasteiger partial charge in [-0.15, -0.1) is 11.3 Å². The second-order valence-electron chi connectivity index (χ2n) is 5.95. The van der Waals surface area contributed by atoms with Gasteiger partial charge in [0.25, 0.3) is 0 Å². The molecule has 0 aliphatic heterocycles. The van der Waals surface area contributed by atoms with Gasteiger partial charge in [-0.1, -0.05) is 32.4 Å². The topological polar surface area (TPSA) is 37.8 Å². The third kappa shape index (κ3) is 3.70. The van der Waals surface area contributed by atoms with Gasteiger partial charge in [0.2, 0.25) is 0 Å². The Morgan fingerprint density at radius 3 is 2.45 bits per heavy atom. The maximum absolute atomic E-state index is 6.08. The van der Waals surface area contributed by atoms with Crippen molar-refractivity contribution in [3.8, 4) is 0 Å². The molecule has 108 valence electrons. The molecule has 0 fully saturated rings. The number of thiophene rings is 1. The molecule has 2 aromatic heterocycles. The van der Waals surface area contributed by atoms with Gasteiger partial charge in [-0.3, -0.25) is 0 Å². The Hall–Kier alpha value is -1.13. The van der Waals surface area contributed by atoms with Crippen LogP contribution in [0.4, 0.5) is 5.82 Å². The van der Waals surface area contributed by atoms with E-state index >= 15 is 0 Å². The van der Waals surface area contributed by atoms with Gasteiger partial charge in [0.15, 0.2) is 0 Å². The molecule has 2 aromatic rings. The van der Waals surface area contributed by atoms with E-state index in [1.54, 1.807) is 6.07 Å². The van der Waals surface area contributed by atoms with Crippen molar-refractivity contribution >= 4 is 28.8 Å². The number of hydrogen-bond acceptors (Lipinski definition) is 4. The van der Waals surface area contributed by atoms with Gasteiger partial charge in [0.1, 0.15) is 16.8 Å². The number of halogens is 1. The fourth-order valence-corrected chi connectivity index (χ4v) is 2.93. The molecule has 0 atom stereocenters. The zero-order chi connectivity index (χ0) is 14.9. The molecule has 1 N–H and O–H groups in total. The number of nitrogens with one attached hydrogen (secondary N) is 1. The molecule has 0 saturated heterocycles. The van der Waals surface area contributed by atoms with E-state index in [2.05, 4.69) is 56.0 Å². The molecular weight excluding hydrogens is 290 g/mol. The Morgan fingerprint density at radius 2 is 1.90 bits per heavy atom. The van der Waals surface area contributed by atoms with E-state index in [1.165, 1.54) is 15.3 Å². The molecule has 2 rings (SSSR count). The van der Waals surface area contributed by atoms with E-state index in [0.717, 1.165) is 18.2 Å². The third-order valence-corrected chi connectivity index (χ3v) is 4.37. The first-order valence-corrected chi connectivity index (χ1v) is 7.80. The van der Waals surface area contributed by atoms with Gasteiger partial charge in [-0.2, -0.15) is 0 Å². The molecule has 0 aromatic carbocycles. The van der Waals surface area contributed by atoms with Crippen LogP contribution in [0.25, 0.3) is 0 Å². The number of aromatic nitrogens is 2. The quantitative estimate of drug-likeness (QED) is 0.834. The lowest BCUT2D eigenvalue weighted by Gasteiger charge is -2.17. The summed E-state index contributed by atoms with van der Waals surface area (Å²) in [5.74, 6) is 1.53. The number of anilines is 1. The largest absolute Gasteiger partial charge is 0.365 e. The van der Waals surface area contributed by atoms with Crippen LogP contribution in [0, 0.1) is 13.8 Å². The highest BCUT2D eigenvalue weighted by Gasteiger charge is 2.18. The smallest absolute Gasteiger partial charge is 0.137 e. The molecule has 0 aliphatic rings. The van der Waals surface area contributed by atoms with E-state index < -0.39 is 0 Å². The number of nitrogens with zero attached hydrogens (tertiary/aromatic N) is 2. The van der Waals surface area contributed by atoms with Gasteiger partial charge >= 0.3 is 0 Å². The monoisotopic (exact) mass is 309 g/mol. The van der Waals surface area contributed by atoms with Crippen molar-refractivity contribution in [3.05, 3.63) is 38.4 Å². The Morgan fingerprint density at radius 1 is 1.20 bits per heavy atom. The lowest BCUT2D eigenvalue weighted by Crippen LogP contribution is -2.17. The molecule has 5 heteroatoms. The molecule has 2 heterocycles. The van der Waals surface area contributed by atoms with Crippen molar-refractivity contribution in [2.24, 2.45) is 0 Å². The number of rotatable bonds is 3. The highest BCUT2D eigenvalue weighted by Crippen LogP contribution is 2.24. The van der Waals surface area contributed by atoms with Crippen LogP contribution in [0.15, 0.2) is 12.1 Å². The van der Waals surface area contributed by atoms with Crippen molar-refractivity contribution < 1.29 is 0 Å². The summed E-state index contributed by atoms with van der Waals surface area (Å²) in [5, 5.41) is 3.81. The first-order chi connectivity index (χ1) is 9.25. The summed E-state index contributed by atoms with van der Waals surface area (Å²) >= 11 is 7.89. The highest BCUT2D eigenvalue weighted by atomic mass is 35.5. The molecule has 0 saturated carbocycles. The summed E-state index contributed by atoms with van der Waals surface area (Å²) in [6.45, 7) is 11.3. The van der Waals surface area contributed by atoms with E-state index in [9.17, 15) is 0 Å². The molecule has 0 spiro atoms. The average molecular weight is 310 g/mol. The van der Waals surface area contributed by atoms with Gasteiger partial charge < -0.3 is 5.32 Å². The van der Waals surface area contributed by atoms with Gasteiger partial charge in [0.05, 0.1) is 6.54 Å². The molecule has 0 radical (unpaired) electrons. The van der Waals surface area contributed by atoms with Crippen molar-refractivity contribution in [1.29, 1.82) is 0 Å². The van der Waals surface area contributed by atoms with Crippen LogP contribution >= 0.6 is 22.9 Å². The Balaban J connectivity index is 2.15. The molecule has 0 aliphatic carbocycles. The second kappa shape index (κ2) is 5.70. The van der Waals surface area contributed by atoms with E-state index in [1.807, 2.05) is 11.3 Å². The summed E-state index contributed by atoms with van der Waals surface area (Å²) in [7, 11) is 0. The lowest BCUT2D eigenvalue weighted by molar-refractivity contribution is 0.546. The molecular formula is C15H20ClN3S. The minimum atomic E-state index is -0.114. The van der Waals surface area contributed by atoms with Crippen LogP contribution in [0.3, 0.4) is 0 Å². The normalized spacial score (nSPS) is 11.7. The molecule has 0 bridgehead atoms. The second-order valence-corrected chi connectivity index (χ2v) is 7.68. The molecule has 3 nitrogen and oxygen atoms in total. The average Bonchev–Trinajstić information content (AvgIpc) is 2.65. The molecule has 20 heavy (non-hydrogen) atoms. The summed E-state index contributed by atoms with van der Waals surface area (Å²) in [4.78, 5) is 11.5. The molecule has 0 unspecified atom stereocenters. The van der Waals surface area contributed by atoms with Crippen molar-refractivity contribution in [1.82, 2.24) is 9.97 Å². The number of hydrogen-bond donors (Lipinski definition) is 1. The van der Waals surface area contributed by atoms with Crippen LogP contribution < -0.4 is 5.32 Å². The summed E-state index contributed by atoms with van der Waals surface area (Å²) in [6, 6.07) is 3.98. The van der Waals surface area contributed by atoms with Crippen molar-refractivity contribution in [3.63, 3.8) is 0 Å². The summed E-state index contributed by atoms with van der Waals surface area (Å²) < 4.78 is 0. The first kappa shape index (κ1) is 15.3. The maximum Gasteiger partial charge on any atom is 0.137 e. The minimum absolute atomic E-state index is 0.114. The van der Waals surface area contributed by atoms with Crippen LogP contribution in [0.1, 0.15) is 41.9 Å². The van der Waals surface area contributed by atoms with E-state index in [-0.39, 0.29) is 5.41 Å². The Bertz CT molecular complexity index is 595. The van der Waals surface area contributed by atoms with Crippen LogP contribution in [0.2, 0.25) is 5.15 Å². The third-order valence-electron chi connectivity index (χ3n) is 3.03. The Labute approximate surface area is 129 Å². The molecule has 0 amide bonds. The zero-order valence-electron chi connectivity index (χ0n) is 12.5. The minimum Gasteiger partial charge on any atom is -0.365 e. The first-order valence-electron chi connectivity index (χ1n) is 6.60. The van der Waals surface area contributed by atoms with E-state index in [4.69, 9.17) is 11.6 Å². The zero-order valence-corrected chi connectivity index (χ0v) is 14.1.